The number of carbonyl (C=O) groups is 1. The molecule has 1 amide bonds. The summed E-state index contributed by atoms with van der Waals surface area (Å²) in [5, 5.41) is 7.22. The average Bonchev–Trinajstić information content (AvgIpc) is 2.87. The Hall–Kier alpha value is -1.07. The second-order valence-electron chi connectivity index (χ2n) is 5.11. The summed E-state index contributed by atoms with van der Waals surface area (Å²) in [6.07, 6.45) is 4.65. The zero-order valence-corrected chi connectivity index (χ0v) is 12.4. The minimum absolute atomic E-state index is 0. The van der Waals surface area contributed by atoms with Gasteiger partial charge in [0.2, 0.25) is 5.91 Å². The van der Waals surface area contributed by atoms with E-state index in [2.05, 4.69) is 10.4 Å². The van der Waals surface area contributed by atoms with Crippen LogP contribution in [0.5, 0.6) is 0 Å². The Morgan fingerprint density at radius 1 is 1.58 bits per heavy atom. The Kier molecular flexibility index (Phi) is 5.82. The smallest absolute Gasteiger partial charge is 0.225 e. The number of nitrogens with two attached hydrogens (primary N) is 1. The van der Waals surface area contributed by atoms with Crippen molar-refractivity contribution in [3.63, 3.8) is 0 Å². The van der Waals surface area contributed by atoms with E-state index < -0.39 is 0 Å². The third kappa shape index (κ3) is 3.94. The molecule has 0 unspecified atom stereocenters. The molecule has 1 heterocycles. The maximum absolute atomic E-state index is 12.0. The Balaban J connectivity index is 0.00000180. The van der Waals surface area contributed by atoms with E-state index in [0.717, 1.165) is 37.2 Å². The molecule has 1 aromatic heterocycles. The lowest BCUT2D eigenvalue weighted by Gasteiger charge is -2.14. The van der Waals surface area contributed by atoms with E-state index in [-0.39, 0.29) is 24.4 Å². The second kappa shape index (κ2) is 6.91. The highest BCUT2D eigenvalue weighted by molar-refractivity contribution is 5.90. The topological polar surface area (TPSA) is 72.9 Å². The first kappa shape index (κ1) is 16.0. The Bertz CT molecular complexity index is 432. The van der Waals surface area contributed by atoms with E-state index in [1.165, 1.54) is 0 Å². The molecule has 0 aliphatic heterocycles. The van der Waals surface area contributed by atoms with Crippen molar-refractivity contribution in [2.75, 3.05) is 5.32 Å². The van der Waals surface area contributed by atoms with Crippen molar-refractivity contribution in [2.45, 2.75) is 45.1 Å². The van der Waals surface area contributed by atoms with Crippen LogP contribution < -0.4 is 11.1 Å². The highest BCUT2D eigenvalue weighted by atomic mass is 35.5. The molecule has 0 spiro atoms. The molecule has 0 aromatic carbocycles. The lowest BCUT2D eigenvalue weighted by Crippen LogP contribution is -2.28. The van der Waals surface area contributed by atoms with E-state index in [9.17, 15) is 4.79 Å². The molecule has 1 aliphatic carbocycles. The molecule has 0 saturated heterocycles. The SMILES string of the molecule is CCc1cc(NC(=O)C[C@@H]2CCC[C@H]2N)n(C)n1.Cl. The number of anilines is 1. The molecule has 2 rings (SSSR count). The van der Waals surface area contributed by atoms with Crippen molar-refractivity contribution in [2.24, 2.45) is 18.7 Å². The van der Waals surface area contributed by atoms with E-state index in [0.29, 0.717) is 12.3 Å². The Labute approximate surface area is 120 Å². The minimum atomic E-state index is 0. The van der Waals surface area contributed by atoms with Gasteiger partial charge in [0.1, 0.15) is 5.82 Å². The van der Waals surface area contributed by atoms with Crippen molar-refractivity contribution in [3.8, 4) is 0 Å². The zero-order valence-electron chi connectivity index (χ0n) is 11.6. The summed E-state index contributed by atoms with van der Waals surface area (Å²) in [4.78, 5) is 12.0. The van der Waals surface area contributed by atoms with Gasteiger partial charge in [-0.3, -0.25) is 9.48 Å². The largest absolute Gasteiger partial charge is 0.327 e. The fourth-order valence-corrected chi connectivity index (χ4v) is 2.57. The summed E-state index contributed by atoms with van der Waals surface area (Å²) in [6, 6.07) is 2.11. The van der Waals surface area contributed by atoms with Gasteiger partial charge >= 0.3 is 0 Å². The van der Waals surface area contributed by atoms with Gasteiger partial charge in [0.25, 0.3) is 0 Å². The molecule has 0 radical (unpaired) electrons. The lowest BCUT2D eigenvalue weighted by molar-refractivity contribution is -0.117. The van der Waals surface area contributed by atoms with Gasteiger partial charge in [-0.1, -0.05) is 13.3 Å². The van der Waals surface area contributed by atoms with Crippen LogP contribution in [0.15, 0.2) is 6.07 Å². The van der Waals surface area contributed by atoms with Gasteiger partial charge < -0.3 is 11.1 Å². The number of hydrogen-bond acceptors (Lipinski definition) is 3. The van der Waals surface area contributed by atoms with E-state index >= 15 is 0 Å². The van der Waals surface area contributed by atoms with Gasteiger partial charge in [0, 0.05) is 25.6 Å². The monoisotopic (exact) mass is 286 g/mol. The first-order valence-electron chi connectivity index (χ1n) is 6.68. The maximum Gasteiger partial charge on any atom is 0.225 e. The Morgan fingerprint density at radius 3 is 2.84 bits per heavy atom. The summed E-state index contributed by atoms with van der Waals surface area (Å²) in [5.41, 5.74) is 6.97. The average molecular weight is 287 g/mol. The third-order valence-corrected chi connectivity index (χ3v) is 3.73. The first-order chi connectivity index (χ1) is 8.60. The summed E-state index contributed by atoms with van der Waals surface area (Å²) in [6.45, 7) is 2.05. The van der Waals surface area contributed by atoms with Crippen molar-refractivity contribution in [3.05, 3.63) is 11.8 Å². The standard InChI is InChI=1S/C13H22N4O.ClH/c1-3-10-8-12(17(2)16-10)15-13(18)7-9-5-4-6-11(9)14;/h8-9,11H,3-7,14H2,1-2H3,(H,15,18);1H/t9-,11+;/m0./s1. The van der Waals surface area contributed by atoms with Gasteiger partial charge in [-0.15, -0.1) is 12.4 Å². The molecule has 6 heteroatoms. The van der Waals surface area contributed by atoms with Gasteiger partial charge in [-0.25, -0.2) is 0 Å². The number of amides is 1. The van der Waals surface area contributed by atoms with Crippen LogP contribution in [0.25, 0.3) is 0 Å². The van der Waals surface area contributed by atoms with E-state index in [1.54, 1.807) is 4.68 Å². The number of aryl methyl sites for hydroxylation is 2. The van der Waals surface area contributed by atoms with Crippen molar-refractivity contribution in [1.29, 1.82) is 0 Å². The molecular weight excluding hydrogens is 264 g/mol. The number of nitrogens with zero attached hydrogens (tertiary/aromatic N) is 2. The fourth-order valence-electron chi connectivity index (χ4n) is 2.57. The van der Waals surface area contributed by atoms with Gasteiger partial charge in [0.15, 0.2) is 0 Å². The fraction of sp³-hybridized carbons (Fsp3) is 0.692. The third-order valence-electron chi connectivity index (χ3n) is 3.73. The van der Waals surface area contributed by atoms with E-state index in [4.69, 9.17) is 5.73 Å². The van der Waals surface area contributed by atoms with Gasteiger partial charge in [-0.2, -0.15) is 5.10 Å². The Morgan fingerprint density at radius 2 is 2.32 bits per heavy atom. The molecule has 19 heavy (non-hydrogen) atoms. The molecule has 108 valence electrons. The predicted molar refractivity (Wildman–Crippen MR) is 78.4 cm³/mol. The molecule has 1 aromatic rings. The molecule has 1 fully saturated rings. The second-order valence-corrected chi connectivity index (χ2v) is 5.11. The number of carbonyl (C=O) groups excluding carboxylic acids is 1. The molecule has 1 saturated carbocycles. The summed E-state index contributed by atoms with van der Waals surface area (Å²) in [7, 11) is 1.84. The van der Waals surface area contributed by atoms with Crippen LogP contribution in [0.3, 0.4) is 0 Å². The predicted octanol–water partition coefficient (Wildman–Crippen LogP) is 1.86. The zero-order chi connectivity index (χ0) is 13.1. The minimum Gasteiger partial charge on any atom is -0.327 e. The normalized spacial score (nSPS) is 22.1. The van der Waals surface area contributed by atoms with Gasteiger partial charge in [-0.05, 0) is 25.2 Å². The first-order valence-corrected chi connectivity index (χ1v) is 6.68. The quantitative estimate of drug-likeness (QED) is 0.887. The van der Waals surface area contributed by atoms with Crippen molar-refractivity contribution >= 4 is 24.1 Å². The lowest BCUT2D eigenvalue weighted by atomic mass is 10.00. The summed E-state index contributed by atoms with van der Waals surface area (Å²) < 4.78 is 1.71. The number of aromatic nitrogens is 2. The molecule has 0 bridgehead atoms. The molecule has 1 aliphatic rings. The molecule has 3 N–H and O–H groups in total. The maximum atomic E-state index is 12.0. The molecular formula is C13H23ClN4O. The number of rotatable bonds is 4. The highest BCUT2D eigenvalue weighted by Crippen LogP contribution is 2.27. The number of nitrogens with one attached hydrogen (secondary N) is 1. The van der Waals surface area contributed by atoms with Crippen molar-refractivity contribution < 1.29 is 4.79 Å². The molecule has 5 nitrogen and oxygen atoms in total. The highest BCUT2D eigenvalue weighted by Gasteiger charge is 2.26. The van der Waals surface area contributed by atoms with Crippen LogP contribution in [-0.4, -0.2) is 21.7 Å². The molecule has 2 atom stereocenters. The van der Waals surface area contributed by atoms with Gasteiger partial charge in [0.05, 0.1) is 5.69 Å². The van der Waals surface area contributed by atoms with Crippen LogP contribution in [0.2, 0.25) is 0 Å². The van der Waals surface area contributed by atoms with Crippen LogP contribution in [0.4, 0.5) is 5.82 Å². The number of hydrogen-bond donors (Lipinski definition) is 2. The number of halogens is 1. The van der Waals surface area contributed by atoms with Crippen LogP contribution in [0.1, 0.15) is 38.3 Å². The van der Waals surface area contributed by atoms with Crippen LogP contribution >= 0.6 is 12.4 Å². The van der Waals surface area contributed by atoms with Crippen LogP contribution in [-0.2, 0) is 18.3 Å². The van der Waals surface area contributed by atoms with Crippen molar-refractivity contribution in [1.82, 2.24) is 9.78 Å². The van der Waals surface area contributed by atoms with E-state index in [1.807, 2.05) is 20.0 Å². The van der Waals surface area contributed by atoms with Crippen LogP contribution in [0, 0.1) is 5.92 Å². The summed E-state index contributed by atoms with van der Waals surface area (Å²) >= 11 is 0. The summed E-state index contributed by atoms with van der Waals surface area (Å²) in [5.74, 6) is 1.15.